The number of nitrogens with zero attached hydrogens (tertiary/aromatic N) is 2. The second-order valence-electron chi connectivity index (χ2n) is 7.17. The van der Waals surface area contributed by atoms with E-state index in [1.54, 1.807) is 47.3 Å². The Kier molecular flexibility index (Phi) is 6.75. The van der Waals surface area contributed by atoms with Crippen molar-refractivity contribution in [1.29, 1.82) is 0 Å². The van der Waals surface area contributed by atoms with Crippen LogP contribution in [0.2, 0.25) is 0 Å². The van der Waals surface area contributed by atoms with E-state index in [2.05, 4.69) is 15.7 Å². The average Bonchev–Trinajstić information content (AvgIpc) is 3.33. The first-order valence-corrected chi connectivity index (χ1v) is 10.2. The molecule has 1 aromatic heterocycles. The number of nitrogens with one attached hydrogen (secondary N) is 2. The molecule has 3 aromatic carbocycles. The number of halogens is 1. The lowest BCUT2D eigenvalue weighted by molar-refractivity contribution is -0.118. The van der Waals surface area contributed by atoms with Crippen molar-refractivity contribution >= 4 is 23.2 Å². The normalized spacial score (nSPS) is 10.5. The molecule has 0 fully saturated rings. The van der Waals surface area contributed by atoms with Gasteiger partial charge in [-0.25, -0.2) is 4.39 Å². The van der Waals surface area contributed by atoms with E-state index in [0.717, 1.165) is 5.56 Å². The van der Waals surface area contributed by atoms with Gasteiger partial charge in [0.1, 0.15) is 11.6 Å². The Bertz CT molecular complexity index is 1260. The summed E-state index contributed by atoms with van der Waals surface area (Å²) < 4.78 is 21.1. The number of para-hydroxylation sites is 2. The molecule has 0 aliphatic heterocycles. The smallest absolute Gasteiger partial charge is 0.262 e. The number of carbonyl (C=O) groups excluding carboxylic acids is 2. The van der Waals surface area contributed by atoms with Crippen molar-refractivity contribution in [2.45, 2.75) is 6.54 Å². The van der Waals surface area contributed by atoms with Crippen LogP contribution in [0.15, 0.2) is 91.3 Å². The molecule has 0 radical (unpaired) electrons. The fourth-order valence-electron chi connectivity index (χ4n) is 3.20. The van der Waals surface area contributed by atoms with E-state index < -0.39 is 11.7 Å². The highest BCUT2D eigenvalue weighted by atomic mass is 19.1. The minimum atomic E-state index is -0.541. The molecule has 0 unspecified atom stereocenters. The lowest BCUT2D eigenvalue weighted by Crippen LogP contribution is -2.22. The van der Waals surface area contributed by atoms with Crippen molar-refractivity contribution in [3.8, 4) is 5.75 Å². The minimum Gasteiger partial charge on any atom is -0.483 e. The molecule has 33 heavy (non-hydrogen) atoms. The van der Waals surface area contributed by atoms with E-state index in [0.29, 0.717) is 12.2 Å². The molecule has 0 aliphatic rings. The molecule has 166 valence electrons. The first-order valence-electron chi connectivity index (χ1n) is 10.2. The van der Waals surface area contributed by atoms with Crippen molar-refractivity contribution in [1.82, 2.24) is 9.78 Å². The standard InChI is InChI=1S/C25H21FN4O3/c26-21-10-2-3-11-22(21)29-24(31)17-33-23-12-4-1-9-20(23)25(32)28-19-8-5-7-18(15-19)16-30-14-6-13-27-30/h1-15H,16-17H2,(H,28,32)(H,29,31). The van der Waals surface area contributed by atoms with Gasteiger partial charge in [-0.2, -0.15) is 5.10 Å². The van der Waals surface area contributed by atoms with Gasteiger partial charge in [-0.15, -0.1) is 0 Å². The van der Waals surface area contributed by atoms with Gasteiger partial charge in [0.15, 0.2) is 6.61 Å². The van der Waals surface area contributed by atoms with Crippen LogP contribution in [-0.2, 0) is 11.3 Å². The number of carbonyl (C=O) groups is 2. The zero-order chi connectivity index (χ0) is 23.0. The van der Waals surface area contributed by atoms with Crippen molar-refractivity contribution in [2.75, 3.05) is 17.2 Å². The predicted octanol–water partition coefficient (Wildman–Crippen LogP) is 4.34. The van der Waals surface area contributed by atoms with Crippen LogP contribution in [0.25, 0.3) is 0 Å². The summed E-state index contributed by atoms with van der Waals surface area (Å²) in [4.78, 5) is 25.1. The maximum absolute atomic E-state index is 13.7. The highest BCUT2D eigenvalue weighted by molar-refractivity contribution is 6.06. The molecular weight excluding hydrogens is 423 g/mol. The van der Waals surface area contributed by atoms with Crippen molar-refractivity contribution in [3.63, 3.8) is 0 Å². The highest BCUT2D eigenvalue weighted by Gasteiger charge is 2.14. The van der Waals surface area contributed by atoms with E-state index in [1.807, 2.05) is 30.5 Å². The Morgan fingerprint density at radius 3 is 2.58 bits per heavy atom. The molecule has 4 aromatic rings. The van der Waals surface area contributed by atoms with E-state index in [-0.39, 0.29) is 29.5 Å². The molecule has 0 aliphatic carbocycles. The van der Waals surface area contributed by atoms with Crippen LogP contribution < -0.4 is 15.4 Å². The molecule has 0 bridgehead atoms. The van der Waals surface area contributed by atoms with Gasteiger partial charge in [0.25, 0.3) is 11.8 Å². The summed E-state index contributed by atoms with van der Waals surface area (Å²) in [6.45, 7) is 0.200. The van der Waals surface area contributed by atoms with Gasteiger partial charge < -0.3 is 15.4 Å². The first-order chi connectivity index (χ1) is 16.1. The fourth-order valence-corrected chi connectivity index (χ4v) is 3.20. The van der Waals surface area contributed by atoms with Gasteiger partial charge in [-0.3, -0.25) is 14.3 Å². The largest absolute Gasteiger partial charge is 0.483 e. The second kappa shape index (κ2) is 10.2. The van der Waals surface area contributed by atoms with Crippen LogP contribution >= 0.6 is 0 Å². The number of aromatic nitrogens is 2. The van der Waals surface area contributed by atoms with Crippen LogP contribution in [0.3, 0.4) is 0 Å². The van der Waals surface area contributed by atoms with Crippen molar-refractivity contribution in [3.05, 3.63) is 108 Å². The molecule has 0 saturated carbocycles. The Morgan fingerprint density at radius 1 is 0.939 bits per heavy atom. The first kappa shape index (κ1) is 21.8. The number of amides is 2. The third kappa shape index (κ3) is 5.82. The molecular formula is C25H21FN4O3. The van der Waals surface area contributed by atoms with E-state index in [9.17, 15) is 14.0 Å². The van der Waals surface area contributed by atoms with Crippen LogP contribution in [0.5, 0.6) is 5.75 Å². The quantitative estimate of drug-likeness (QED) is 0.423. The topological polar surface area (TPSA) is 85.2 Å². The zero-order valence-corrected chi connectivity index (χ0v) is 17.6. The van der Waals surface area contributed by atoms with Crippen LogP contribution in [-0.4, -0.2) is 28.2 Å². The average molecular weight is 444 g/mol. The molecule has 0 atom stereocenters. The number of benzene rings is 3. The van der Waals surface area contributed by atoms with Gasteiger partial charge in [0.05, 0.1) is 17.8 Å². The Labute approximate surface area is 189 Å². The lowest BCUT2D eigenvalue weighted by atomic mass is 10.1. The molecule has 0 spiro atoms. The van der Waals surface area contributed by atoms with Crippen LogP contribution in [0, 0.1) is 5.82 Å². The zero-order valence-electron chi connectivity index (χ0n) is 17.6. The Morgan fingerprint density at radius 2 is 1.76 bits per heavy atom. The fraction of sp³-hybridized carbons (Fsp3) is 0.0800. The molecule has 1 heterocycles. The maximum atomic E-state index is 13.7. The van der Waals surface area contributed by atoms with Gasteiger partial charge in [-0.1, -0.05) is 36.4 Å². The summed E-state index contributed by atoms with van der Waals surface area (Å²) in [6.07, 6.45) is 3.57. The molecule has 4 rings (SSSR count). The number of ether oxygens (including phenoxy) is 1. The van der Waals surface area contributed by atoms with Crippen molar-refractivity contribution < 1.29 is 18.7 Å². The molecule has 2 N–H and O–H groups in total. The van der Waals surface area contributed by atoms with E-state index >= 15 is 0 Å². The SMILES string of the molecule is O=C(COc1ccccc1C(=O)Nc1cccc(Cn2cccn2)c1)Nc1ccccc1F. The third-order valence-electron chi connectivity index (χ3n) is 4.73. The van der Waals surface area contributed by atoms with E-state index in [4.69, 9.17) is 4.74 Å². The summed E-state index contributed by atoms with van der Waals surface area (Å²) in [7, 11) is 0. The lowest BCUT2D eigenvalue weighted by Gasteiger charge is -2.13. The summed E-state index contributed by atoms with van der Waals surface area (Å²) >= 11 is 0. The highest BCUT2D eigenvalue weighted by Crippen LogP contribution is 2.21. The Hall–Kier alpha value is -4.46. The summed E-state index contributed by atoms with van der Waals surface area (Å²) in [5, 5.41) is 9.49. The van der Waals surface area contributed by atoms with Crippen molar-refractivity contribution in [2.24, 2.45) is 0 Å². The monoisotopic (exact) mass is 444 g/mol. The maximum Gasteiger partial charge on any atom is 0.262 e. The molecule has 7 nitrogen and oxygen atoms in total. The minimum absolute atomic E-state index is 0.0621. The van der Waals surface area contributed by atoms with Gasteiger partial charge in [0.2, 0.25) is 0 Å². The summed E-state index contributed by atoms with van der Waals surface area (Å²) in [6, 6.07) is 21.8. The second-order valence-corrected chi connectivity index (χ2v) is 7.17. The third-order valence-corrected chi connectivity index (χ3v) is 4.73. The number of rotatable bonds is 8. The number of hydrogen-bond donors (Lipinski definition) is 2. The van der Waals surface area contributed by atoms with Gasteiger partial charge in [0, 0.05) is 18.1 Å². The molecule has 0 saturated heterocycles. The van der Waals surface area contributed by atoms with E-state index in [1.165, 1.54) is 18.2 Å². The Balaban J connectivity index is 1.40. The number of hydrogen-bond acceptors (Lipinski definition) is 4. The van der Waals surface area contributed by atoms with Gasteiger partial charge in [-0.05, 0) is 48.0 Å². The number of anilines is 2. The summed E-state index contributed by atoms with van der Waals surface area (Å²) in [5.74, 6) is -1.22. The van der Waals surface area contributed by atoms with Crippen LogP contribution in [0.1, 0.15) is 15.9 Å². The van der Waals surface area contributed by atoms with Crippen LogP contribution in [0.4, 0.5) is 15.8 Å². The summed E-state index contributed by atoms with van der Waals surface area (Å²) in [5.41, 5.74) is 1.93. The molecule has 8 heteroatoms. The molecule has 2 amide bonds. The van der Waals surface area contributed by atoms with Gasteiger partial charge >= 0.3 is 0 Å². The predicted molar refractivity (Wildman–Crippen MR) is 123 cm³/mol.